The molecule has 4 heteroatoms. The summed E-state index contributed by atoms with van der Waals surface area (Å²) in [5, 5.41) is 1.20. The molecule has 0 aliphatic carbocycles. The van der Waals surface area contributed by atoms with Crippen LogP contribution >= 0.6 is 11.6 Å². The molecule has 2 aromatic rings. The van der Waals surface area contributed by atoms with E-state index in [0.29, 0.717) is 16.7 Å². The van der Waals surface area contributed by atoms with Crippen LogP contribution in [0.5, 0.6) is 11.5 Å². The van der Waals surface area contributed by atoms with Crippen LogP contribution in [0.25, 0.3) is 10.9 Å². The van der Waals surface area contributed by atoms with Crippen molar-refractivity contribution in [2.75, 3.05) is 14.2 Å². The third-order valence-corrected chi connectivity index (χ3v) is 2.43. The Morgan fingerprint density at radius 1 is 1.07 bits per heavy atom. The Kier molecular flexibility index (Phi) is 2.64. The number of fused-ring (bicyclic) bond motifs is 1. The third kappa shape index (κ3) is 1.59. The predicted molar refractivity (Wildman–Crippen MR) is 59.9 cm³/mol. The number of hydrogen-bond donors (Lipinski definition) is 0. The Bertz CT molecular complexity index is 499. The highest BCUT2D eigenvalue weighted by Crippen LogP contribution is 2.38. The number of para-hydroxylation sites is 1. The largest absolute Gasteiger partial charge is 0.492 e. The van der Waals surface area contributed by atoms with Gasteiger partial charge in [0.1, 0.15) is 0 Å². The van der Waals surface area contributed by atoms with E-state index < -0.39 is 0 Å². The van der Waals surface area contributed by atoms with Gasteiger partial charge in [-0.3, -0.25) is 0 Å². The molecule has 0 N–H and O–H groups in total. The minimum atomic E-state index is 0.313. The molecule has 0 bridgehead atoms. The molecule has 1 aromatic carbocycles. The zero-order chi connectivity index (χ0) is 10.8. The lowest BCUT2D eigenvalue weighted by molar-refractivity contribution is 0.357. The molecule has 0 atom stereocenters. The quantitative estimate of drug-likeness (QED) is 0.734. The maximum atomic E-state index is 5.97. The van der Waals surface area contributed by atoms with Crippen LogP contribution in [0.2, 0.25) is 5.15 Å². The second-order valence-electron chi connectivity index (χ2n) is 2.99. The maximum Gasteiger partial charge on any atom is 0.199 e. The van der Waals surface area contributed by atoms with E-state index in [-0.39, 0.29) is 0 Å². The number of hydrogen-bond acceptors (Lipinski definition) is 3. The van der Waals surface area contributed by atoms with E-state index >= 15 is 0 Å². The van der Waals surface area contributed by atoms with E-state index in [4.69, 9.17) is 21.1 Å². The van der Waals surface area contributed by atoms with Crippen LogP contribution in [-0.4, -0.2) is 19.2 Å². The molecule has 0 amide bonds. The average molecular weight is 224 g/mol. The summed E-state index contributed by atoms with van der Waals surface area (Å²) in [6, 6.07) is 7.61. The highest BCUT2D eigenvalue weighted by atomic mass is 35.5. The summed E-state index contributed by atoms with van der Waals surface area (Å²) in [6.45, 7) is 0. The highest BCUT2D eigenvalue weighted by molar-refractivity contribution is 6.31. The number of aromatic nitrogens is 1. The first-order valence-electron chi connectivity index (χ1n) is 4.44. The van der Waals surface area contributed by atoms with Crippen molar-refractivity contribution in [2.24, 2.45) is 0 Å². The zero-order valence-electron chi connectivity index (χ0n) is 8.45. The van der Waals surface area contributed by atoms with Crippen LogP contribution in [0, 0.1) is 0 Å². The second-order valence-corrected chi connectivity index (χ2v) is 3.34. The summed E-state index contributed by atoms with van der Waals surface area (Å²) in [6.07, 6.45) is 0. The van der Waals surface area contributed by atoms with E-state index in [9.17, 15) is 0 Å². The first-order valence-corrected chi connectivity index (χ1v) is 4.82. The zero-order valence-corrected chi connectivity index (χ0v) is 9.21. The van der Waals surface area contributed by atoms with Crippen molar-refractivity contribution in [2.45, 2.75) is 0 Å². The standard InChI is InChI=1S/C11H10ClNO2/c1-14-9-7-5-3-4-6-8(7)13-11(12)10(9)15-2/h3-6H,1-2H3. The van der Waals surface area contributed by atoms with E-state index in [2.05, 4.69) is 4.98 Å². The lowest BCUT2D eigenvalue weighted by Gasteiger charge is -2.11. The molecule has 0 saturated heterocycles. The van der Waals surface area contributed by atoms with Gasteiger partial charge in [-0.2, -0.15) is 0 Å². The summed E-state index contributed by atoms with van der Waals surface area (Å²) < 4.78 is 10.4. The fourth-order valence-corrected chi connectivity index (χ4v) is 1.77. The summed E-state index contributed by atoms with van der Waals surface area (Å²) in [5.41, 5.74) is 0.792. The molecule has 0 radical (unpaired) electrons. The molecule has 78 valence electrons. The van der Waals surface area contributed by atoms with Crippen LogP contribution in [0.3, 0.4) is 0 Å². The van der Waals surface area contributed by atoms with Gasteiger partial charge in [0.15, 0.2) is 16.7 Å². The van der Waals surface area contributed by atoms with Crippen LogP contribution in [0.1, 0.15) is 0 Å². The molecule has 0 unspecified atom stereocenters. The summed E-state index contributed by atoms with van der Waals surface area (Å²) >= 11 is 5.97. The number of rotatable bonds is 2. The van der Waals surface area contributed by atoms with Gasteiger partial charge in [0.05, 0.1) is 19.7 Å². The minimum Gasteiger partial charge on any atom is -0.492 e. The van der Waals surface area contributed by atoms with Crippen molar-refractivity contribution >= 4 is 22.5 Å². The maximum absolute atomic E-state index is 5.97. The van der Waals surface area contributed by atoms with Crippen molar-refractivity contribution < 1.29 is 9.47 Å². The van der Waals surface area contributed by atoms with Crippen LogP contribution in [0.4, 0.5) is 0 Å². The van der Waals surface area contributed by atoms with Gasteiger partial charge in [-0.25, -0.2) is 4.98 Å². The van der Waals surface area contributed by atoms with E-state index in [1.807, 2.05) is 24.3 Å². The van der Waals surface area contributed by atoms with Gasteiger partial charge in [-0.1, -0.05) is 23.7 Å². The van der Waals surface area contributed by atoms with Crippen molar-refractivity contribution in [3.8, 4) is 11.5 Å². The van der Waals surface area contributed by atoms with Crippen LogP contribution in [0.15, 0.2) is 24.3 Å². The Balaban J connectivity index is 2.84. The van der Waals surface area contributed by atoms with Crippen LogP contribution < -0.4 is 9.47 Å². The van der Waals surface area contributed by atoms with Gasteiger partial charge >= 0.3 is 0 Å². The Morgan fingerprint density at radius 2 is 1.73 bits per heavy atom. The first kappa shape index (κ1) is 10.1. The van der Waals surface area contributed by atoms with E-state index in [1.165, 1.54) is 0 Å². The normalized spacial score (nSPS) is 10.3. The number of ether oxygens (including phenoxy) is 2. The molecule has 15 heavy (non-hydrogen) atoms. The third-order valence-electron chi connectivity index (χ3n) is 2.17. The Labute approximate surface area is 92.6 Å². The number of halogens is 1. The smallest absolute Gasteiger partial charge is 0.199 e. The molecule has 0 spiro atoms. The van der Waals surface area contributed by atoms with Gasteiger partial charge in [-0.15, -0.1) is 0 Å². The van der Waals surface area contributed by atoms with E-state index in [1.54, 1.807) is 14.2 Å². The number of pyridine rings is 1. The Morgan fingerprint density at radius 3 is 2.40 bits per heavy atom. The topological polar surface area (TPSA) is 31.4 Å². The summed E-state index contributed by atoms with van der Waals surface area (Å²) in [5.74, 6) is 1.09. The molecule has 0 aliphatic rings. The van der Waals surface area contributed by atoms with Crippen LogP contribution in [-0.2, 0) is 0 Å². The predicted octanol–water partition coefficient (Wildman–Crippen LogP) is 2.91. The molecular formula is C11H10ClNO2. The first-order chi connectivity index (χ1) is 7.27. The second kappa shape index (κ2) is 3.95. The summed E-state index contributed by atoms with van der Waals surface area (Å²) in [7, 11) is 3.13. The number of methoxy groups -OCH3 is 2. The molecule has 0 fully saturated rings. The van der Waals surface area contributed by atoms with Gasteiger partial charge in [-0.05, 0) is 12.1 Å². The van der Waals surface area contributed by atoms with Crippen molar-refractivity contribution in [1.82, 2.24) is 4.98 Å². The molecule has 3 nitrogen and oxygen atoms in total. The lowest BCUT2D eigenvalue weighted by atomic mass is 10.2. The number of nitrogens with zero attached hydrogens (tertiary/aromatic N) is 1. The summed E-state index contributed by atoms with van der Waals surface area (Å²) in [4.78, 5) is 4.22. The van der Waals surface area contributed by atoms with Crippen molar-refractivity contribution in [3.63, 3.8) is 0 Å². The Hall–Kier alpha value is -1.48. The average Bonchev–Trinajstić information content (AvgIpc) is 2.27. The fourth-order valence-electron chi connectivity index (χ4n) is 1.52. The van der Waals surface area contributed by atoms with Crippen molar-refractivity contribution in [3.05, 3.63) is 29.4 Å². The molecule has 0 saturated carbocycles. The lowest BCUT2D eigenvalue weighted by Crippen LogP contribution is -1.94. The molecule has 2 rings (SSSR count). The number of benzene rings is 1. The van der Waals surface area contributed by atoms with Gasteiger partial charge < -0.3 is 9.47 Å². The van der Waals surface area contributed by atoms with Gasteiger partial charge in [0, 0.05) is 5.39 Å². The molecular weight excluding hydrogens is 214 g/mol. The van der Waals surface area contributed by atoms with Crippen molar-refractivity contribution in [1.29, 1.82) is 0 Å². The van der Waals surface area contributed by atoms with E-state index in [0.717, 1.165) is 10.9 Å². The van der Waals surface area contributed by atoms with Gasteiger partial charge in [0.2, 0.25) is 0 Å². The SMILES string of the molecule is COc1c(Cl)nc2ccccc2c1OC. The molecule has 1 heterocycles. The molecule has 1 aromatic heterocycles. The fraction of sp³-hybridized carbons (Fsp3) is 0.182. The minimum absolute atomic E-state index is 0.313. The highest BCUT2D eigenvalue weighted by Gasteiger charge is 2.14. The monoisotopic (exact) mass is 223 g/mol. The molecule has 0 aliphatic heterocycles. The van der Waals surface area contributed by atoms with Gasteiger partial charge in [0.25, 0.3) is 0 Å².